The van der Waals surface area contributed by atoms with E-state index in [0.717, 1.165) is 29.4 Å². The third kappa shape index (κ3) is 2.82. The Bertz CT molecular complexity index is 572. The number of hydrogen-bond donors (Lipinski definition) is 2. The maximum atomic E-state index is 11.8. The molecule has 1 aromatic carbocycles. The highest BCUT2D eigenvalue weighted by molar-refractivity contribution is 5.78. The molecule has 0 saturated heterocycles. The number of pyridine rings is 1. The fraction of sp³-hybridized carbons (Fsp3) is 0.214. The van der Waals surface area contributed by atoms with Crippen LogP contribution in [0.4, 0.5) is 0 Å². The van der Waals surface area contributed by atoms with Crippen LogP contribution in [0, 0.1) is 0 Å². The molecule has 0 aliphatic heterocycles. The number of hydrogen-bond acceptors (Lipinski definition) is 2. The van der Waals surface area contributed by atoms with Crippen LogP contribution in [0.5, 0.6) is 0 Å². The molecule has 0 fully saturated rings. The number of nitrogens with one attached hydrogen (secondary N) is 2. The van der Waals surface area contributed by atoms with Crippen molar-refractivity contribution >= 4 is 10.9 Å². The SMILES string of the molecule is C=CCCNCc1cc2ccccc2[nH]c1=O. The third-order valence-corrected chi connectivity index (χ3v) is 2.67. The molecule has 0 atom stereocenters. The van der Waals surface area contributed by atoms with Crippen LogP contribution in [-0.4, -0.2) is 11.5 Å². The van der Waals surface area contributed by atoms with Crippen molar-refractivity contribution < 1.29 is 0 Å². The topological polar surface area (TPSA) is 44.9 Å². The van der Waals surface area contributed by atoms with Gasteiger partial charge in [0.25, 0.3) is 5.56 Å². The zero-order chi connectivity index (χ0) is 12.1. The Kier molecular flexibility index (Phi) is 3.73. The maximum absolute atomic E-state index is 11.8. The molecule has 0 saturated carbocycles. The average molecular weight is 228 g/mol. The van der Waals surface area contributed by atoms with Gasteiger partial charge in [-0.05, 0) is 30.5 Å². The van der Waals surface area contributed by atoms with Gasteiger partial charge in [-0.25, -0.2) is 0 Å². The van der Waals surface area contributed by atoms with Crippen LogP contribution < -0.4 is 10.9 Å². The Hall–Kier alpha value is -1.87. The Morgan fingerprint density at radius 3 is 3.00 bits per heavy atom. The quantitative estimate of drug-likeness (QED) is 0.608. The van der Waals surface area contributed by atoms with Gasteiger partial charge in [-0.1, -0.05) is 24.3 Å². The van der Waals surface area contributed by atoms with E-state index in [-0.39, 0.29) is 5.56 Å². The van der Waals surface area contributed by atoms with Crippen LogP contribution in [0.3, 0.4) is 0 Å². The Balaban J connectivity index is 2.19. The van der Waals surface area contributed by atoms with E-state index in [1.165, 1.54) is 0 Å². The predicted molar refractivity (Wildman–Crippen MR) is 71.1 cm³/mol. The van der Waals surface area contributed by atoms with Crippen molar-refractivity contribution in [1.82, 2.24) is 10.3 Å². The minimum atomic E-state index is -0.0187. The second-order valence-corrected chi connectivity index (χ2v) is 3.97. The second kappa shape index (κ2) is 5.46. The largest absolute Gasteiger partial charge is 0.322 e. The van der Waals surface area contributed by atoms with Gasteiger partial charge >= 0.3 is 0 Å². The van der Waals surface area contributed by atoms with E-state index in [0.29, 0.717) is 6.54 Å². The number of benzene rings is 1. The lowest BCUT2D eigenvalue weighted by molar-refractivity contribution is 0.691. The van der Waals surface area contributed by atoms with E-state index in [9.17, 15) is 4.79 Å². The van der Waals surface area contributed by atoms with Gasteiger partial charge < -0.3 is 10.3 Å². The molecule has 0 bridgehead atoms. The smallest absolute Gasteiger partial charge is 0.252 e. The first-order chi connectivity index (χ1) is 8.31. The molecule has 0 amide bonds. The first-order valence-electron chi connectivity index (χ1n) is 5.74. The van der Waals surface area contributed by atoms with Gasteiger partial charge in [-0.3, -0.25) is 4.79 Å². The maximum Gasteiger partial charge on any atom is 0.252 e. The summed E-state index contributed by atoms with van der Waals surface area (Å²) < 4.78 is 0. The molecule has 1 heterocycles. The van der Waals surface area contributed by atoms with Crippen LogP contribution in [0.2, 0.25) is 0 Å². The van der Waals surface area contributed by atoms with Crippen molar-refractivity contribution in [2.45, 2.75) is 13.0 Å². The van der Waals surface area contributed by atoms with Crippen molar-refractivity contribution in [2.75, 3.05) is 6.54 Å². The standard InChI is InChI=1S/C14H16N2O/c1-2-3-8-15-10-12-9-11-6-4-5-7-13(11)16-14(12)17/h2,4-7,9,15H,1,3,8,10H2,(H,16,17). The van der Waals surface area contributed by atoms with E-state index in [1.54, 1.807) is 0 Å². The summed E-state index contributed by atoms with van der Waals surface area (Å²) in [5.41, 5.74) is 1.63. The van der Waals surface area contributed by atoms with Crippen LogP contribution >= 0.6 is 0 Å². The highest BCUT2D eigenvalue weighted by Crippen LogP contribution is 2.09. The lowest BCUT2D eigenvalue weighted by Gasteiger charge is -2.04. The Morgan fingerprint density at radius 1 is 1.35 bits per heavy atom. The summed E-state index contributed by atoms with van der Waals surface area (Å²) in [6, 6.07) is 9.73. The van der Waals surface area contributed by atoms with Crippen LogP contribution in [-0.2, 0) is 6.54 Å². The molecule has 0 spiro atoms. The molecule has 3 heteroatoms. The van der Waals surface area contributed by atoms with E-state index >= 15 is 0 Å². The molecule has 0 aliphatic carbocycles. The summed E-state index contributed by atoms with van der Waals surface area (Å²) >= 11 is 0. The molecule has 2 rings (SSSR count). The summed E-state index contributed by atoms with van der Waals surface area (Å²) in [5, 5.41) is 4.28. The number of fused-ring (bicyclic) bond motifs is 1. The first kappa shape index (κ1) is 11.6. The number of para-hydroxylation sites is 1. The average Bonchev–Trinajstić information content (AvgIpc) is 2.35. The van der Waals surface area contributed by atoms with Gasteiger partial charge in [0.2, 0.25) is 0 Å². The predicted octanol–water partition coefficient (Wildman–Crippen LogP) is 2.19. The molecule has 2 aromatic rings. The highest BCUT2D eigenvalue weighted by Gasteiger charge is 2.01. The Labute approximate surface area is 100 Å². The second-order valence-electron chi connectivity index (χ2n) is 3.97. The van der Waals surface area contributed by atoms with Crippen LogP contribution in [0.1, 0.15) is 12.0 Å². The molecule has 0 aliphatic rings. The van der Waals surface area contributed by atoms with Crippen molar-refractivity contribution in [3.05, 3.63) is 58.9 Å². The van der Waals surface area contributed by atoms with Gasteiger partial charge in [0, 0.05) is 17.6 Å². The van der Waals surface area contributed by atoms with Gasteiger partial charge in [0.05, 0.1) is 0 Å². The van der Waals surface area contributed by atoms with E-state index in [1.807, 2.05) is 36.4 Å². The molecular formula is C14H16N2O. The molecule has 0 radical (unpaired) electrons. The van der Waals surface area contributed by atoms with E-state index in [4.69, 9.17) is 0 Å². The summed E-state index contributed by atoms with van der Waals surface area (Å²) in [4.78, 5) is 14.7. The normalized spacial score (nSPS) is 10.6. The molecule has 1 aromatic heterocycles. The van der Waals surface area contributed by atoms with Gasteiger partial charge in [0.15, 0.2) is 0 Å². The molecular weight excluding hydrogens is 212 g/mol. The van der Waals surface area contributed by atoms with E-state index in [2.05, 4.69) is 16.9 Å². The zero-order valence-electron chi connectivity index (χ0n) is 9.70. The molecule has 2 N–H and O–H groups in total. The highest BCUT2D eigenvalue weighted by atomic mass is 16.1. The number of aromatic nitrogens is 1. The summed E-state index contributed by atoms with van der Waals surface area (Å²) in [5.74, 6) is 0. The van der Waals surface area contributed by atoms with E-state index < -0.39 is 0 Å². The molecule has 88 valence electrons. The van der Waals surface area contributed by atoms with Gasteiger partial charge in [0.1, 0.15) is 0 Å². The van der Waals surface area contributed by atoms with Crippen LogP contribution in [0.15, 0.2) is 47.8 Å². The minimum Gasteiger partial charge on any atom is -0.322 e. The third-order valence-electron chi connectivity index (χ3n) is 2.67. The fourth-order valence-electron chi connectivity index (χ4n) is 1.75. The van der Waals surface area contributed by atoms with Crippen molar-refractivity contribution in [1.29, 1.82) is 0 Å². The van der Waals surface area contributed by atoms with Crippen LogP contribution in [0.25, 0.3) is 10.9 Å². The molecule has 17 heavy (non-hydrogen) atoms. The van der Waals surface area contributed by atoms with Crippen molar-refractivity contribution in [3.63, 3.8) is 0 Å². The lowest BCUT2D eigenvalue weighted by atomic mass is 10.1. The summed E-state index contributed by atoms with van der Waals surface area (Å²) in [6.45, 7) is 5.09. The number of H-pyrrole nitrogens is 1. The van der Waals surface area contributed by atoms with Gasteiger partial charge in [-0.2, -0.15) is 0 Å². The monoisotopic (exact) mass is 228 g/mol. The minimum absolute atomic E-state index is 0.0187. The number of aromatic amines is 1. The van der Waals surface area contributed by atoms with Gasteiger partial charge in [-0.15, -0.1) is 6.58 Å². The van der Waals surface area contributed by atoms with Crippen molar-refractivity contribution in [3.8, 4) is 0 Å². The zero-order valence-corrected chi connectivity index (χ0v) is 9.70. The summed E-state index contributed by atoms with van der Waals surface area (Å²) in [7, 11) is 0. The Morgan fingerprint density at radius 2 is 2.18 bits per heavy atom. The first-order valence-corrected chi connectivity index (χ1v) is 5.74. The molecule has 3 nitrogen and oxygen atoms in total. The lowest BCUT2D eigenvalue weighted by Crippen LogP contribution is -2.21. The number of rotatable bonds is 5. The van der Waals surface area contributed by atoms with Crippen molar-refractivity contribution in [2.24, 2.45) is 0 Å². The fourth-order valence-corrected chi connectivity index (χ4v) is 1.75. The molecule has 0 unspecified atom stereocenters. The summed E-state index contributed by atoms with van der Waals surface area (Å²) in [6.07, 6.45) is 2.77.